The van der Waals surface area contributed by atoms with Gasteiger partial charge in [0.25, 0.3) is 0 Å². The van der Waals surface area contributed by atoms with Crippen LogP contribution in [0.2, 0.25) is 10.0 Å². The third-order valence-corrected chi connectivity index (χ3v) is 3.51. The van der Waals surface area contributed by atoms with E-state index in [4.69, 9.17) is 23.2 Å². The molecule has 0 aliphatic carbocycles. The van der Waals surface area contributed by atoms with Gasteiger partial charge < -0.3 is 9.88 Å². The molecule has 1 amide bonds. The Labute approximate surface area is 133 Å². The summed E-state index contributed by atoms with van der Waals surface area (Å²) in [6.07, 6.45) is 9.26. The van der Waals surface area contributed by atoms with Crippen molar-refractivity contribution in [2.75, 3.05) is 6.54 Å². The first-order valence-corrected chi connectivity index (χ1v) is 7.28. The van der Waals surface area contributed by atoms with Crippen LogP contribution in [0.15, 0.2) is 43.0 Å². The van der Waals surface area contributed by atoms with E-state index in [2.05, 4.69) is 10.3 Å². The van der Waals surface area contributed by atoms with E-state index in [1.807, 2.05) is 10.8 Å². The summed E-state index contributed by atoms with van der Waals surface area (Å²) in [7, 11) is 0. The normalized spacial score (nSPS) is 11.0. The van der Waals surface area contributed by atoms with Crippen LogP contribution in [-0.2, 0) is 11.3 Å². The van der Waals surface area contributed by atoms with Crippen molar-refractivity contribution in [2.24, 2.45) is 0 Å². The van der Waals surface area contributed by atoms with Crippen LogP contribution in [-0.4, -0.2) is 22.0 Å². The zero-order valence-corrected chi connectivity index (χ0v) is 12.8. The van der Waals surface area contributed by atoms with Gasteiger partial charge in [-0.2, -0.15) is 0 Å². The Balaban J connectivity index is 1.77. The molecule has 0 bridgehead atoms. The summed E-state index contributed by atoms with van der Waals surface area (Å²) in [5, 5.41) is 3.85. The molecule has 2 aromatic rings. The molecule has 2 rings (SSSR count). The summed E-state index contributed by atoms with van der Waals surface area (Å²) in [4.78, 5) is 15.7. The highest BCUT2D eigenvalue weighted by Crippen LogP contribution is 2.25. The molecule has 1 N–H and O–H groups in total. The monoisotopic (exact) mass is 323 g/mol. The molecule has 6 heteroatoms. The average Bonchev–Trinajstić information content (AvgIpc) is 2.96. The molecular weight excluding hydrogens is 309 g/mol. The minimum Gasteiger partial charge on any atom is -0.352 e. The number of nitrogens with zero attached hydrogens (tertiary/aromatic N) is 2. The van der Waals surface area contributed by atoms with Gasteiger partial charge in [0.05, 0.1) is 6.33 Å². The maximum atomic E-state index is 11.7. The topological polar surface area (TPSA) is 46.9 Å². The standard InChI is InChI=1S/C15H15Cl2N3O/c16-13-3-1-4-14(17)12(13)5-6-15(21)19-7-2-9-20-10-8-18-11-20/h1,3-6,8,10-11H,2,7,9H2,(H,19,21). The highest BCUT2D eigenvalue weighted by atomic mass is 35.5. The van der Waals surface area contributed by atoms with Crippen LogP contribution >= 0.6 is 23.2 Å². The molecule has 0 radical (unpaired) electrons. The Bertz CT molecular complexity index is 604. The SMILES string of the molecule is O=C(C=Cc1c(Cl)cccc1Cl)NCCCn1ccnc1. The van der Waals surface area contributed by atoms with Crippen LogP contribution in [0.5, 0.6) is 0 Å². The van der Waals surface area contributed by atoms with Crippen molar-refractivity contribution in [1.82, 2.24) is 14.9 Å². The van der Waals surface area contributed by atoms with Gasteiger partial charge in [-0.1, -0.05) is 29.3 Å². The molecule has 110 valence electrons. The molecule has 0 fully saturated rings. The van der Waals surface area contributed by atoms with Crippen molar-refractivity contribution in [2.45, 2.75) is 13.0 Å². The van der Waals surface area contributed by atoms with E-state index in [1.54, 1.807) is 36.8 Å². The number of amides is 1. The summed E-state index contributed by atoms with van der Waals surface area (Å²) < 4.78 is 1.96. The number of imidazole rings is 1. The second kappa shape index (κ2) is 7.86. The van der Waals surface area contributed by atoms with Crippen LogP contribution in [0, 0.1) is 0 Å². The van der Waals surface area contributed by atoms with Crippen molar-refractivity contribution in [3.05, 3.63) is 58.6 Å². The molecule has 0 spiro atoms. The van der Waals surface area contributed by atoms with Gasteiger partial charge in [0.1, 0.15) is 0 Å². The van der Waals surface area contributed by atoms with Crippen molar-refractivity contribution < 1.29 is 4.79 Å². The second-order valence-corrected chi connectivity index (χ2v) is 5.23. The molecule has 0 unspecified atom stereocenters. The highest BCUT2D eigenvalue weighted by molar-refractivity contribution is 6.37. The molecule has 1 aromatic heterocycles. The number of carbonyl (C=O) groups excluding carboxylic acids is 1. The number of benzene rings is 1. The summed E-state index contributed by atoms with van der Waals surface area (Å²) in [5.41, 5.74) is 0.648. The van der Waals surface area contributed by atoms with Gasteiger partial charge in [-0.15, -0.1) is 0 Å². The molecular formula is C15H15Cl2N3O. The van der Waals surface area contributed by atoms with Crippen molar-refractivity contribution in [3.8, 4) is 0 Å². The van der Waals surface area contributed by atoms with E-state index in [-0.39, 0.29) is 5.91 Å². The number of nitrogens with one attached hydrogen (secondary N) is 1. The van der Waals surface area contributed by atoms with E-state index in [0.29, 0.717) is 22.2 Å². The van der Waals surface area contributed by atoms with Crippen molar-refractivity contribution in [3.63, 3.8) is 0 Å². The van der Waals surface area contributed by atoms with Crippen LogP contribution in [0.3, 0.4) is 0 Å². The molecule has 0 aliphatic heterocycles. The van der Waals surface area contributed by atoms with E-state index in [1.165, 1.54) is 6.08 Å². The number of aromatic nitrogens is 2. The lowest BCUT2D eigenvalue weighted by molar-refractivity contribution is -0.116. The van der Waals surface area contributed by atoms with E-state index < -0.39 is 0 Å². The summed E-state index contributed by atoms with van der Waals surface area (Å²) in [6.45, 7) is 1.41. The van der Waals surface area contributed by atoms with Gasteiger partial charge in [0, 0.05) is 47.2 Å². The largest absolute Gasteiger partial charge is 0.352 e. The first kappa shape index (κ1) is 15.6. The Morgan fingerprint density at radius 2 is 2.10 bits per heavy atom. The zero-order valence-electron chi connectivity index (χ0n) is 11.3. The lowest BCUT2D eigenvalue weighted by atomic mass is 10.2. The lowest BCUT2D eigenvalue weighted by Crippen LogP contribution is -2.22. The fourth-order valence-corrected chi connectivity index (χ4v) is 2.30. The third kappa shape index (κ3) is 4.92. The highest BCUT2D eigenvalue weighted by Gasteiger charge is 2.02. The molecule has 1 aromatic carbocycles. The second-order valence-electron chi connectivity index (χ2n) is 4.41. The van der Waals surface area contributed by atoms with E-state index >= 15 is 0 Å². The number of hydrogen-bond donors (Lipinski definition) is 1. The number of rotatable bonds is 6. The minimum absolute atomic E-state index is 0.170. The Morgan fingerprint density at radius 1 is 1.33 bits per heavy atom. The number of hydrogen-bond acceptors (Lipinski definition) is 2. The average molecular weight is 324 g/mol. The molecule has 4 nitrogen and oxygen atoms in total. The predicted octanol–water partition coefficient (Wildman–Crippen LogP) is 3.41. The smallest absolute Gasteiger partial charge is 0.244 e. The van der Waals surface area contributed by atoms with Crippen LogP contribution in [0.4, 0.5) is 0 Å². The maximum Gasteiger partial charge on any atom is 0.244 e. The Morgan fingerprint density at radius 3 is 2.76 bits per heavy atom. The predicted molar refractivity (Wildman–Crippen MR) is 85.3 cm³/mol. The molecule has 0 aliphatic rings. The summed E-state index contributed by atoms with van der Waals surface area (Å²) in [6, 6.07) is 5.23. The first-order valence-electron chi connectivity index (χ1n) is 6.52. The van der Waals surface area contributed by atoms with Crippen LogP contribution < -0.4 is 5.32 Å². The molecule has 0 saturated carbocycles. The summed E-state index contributed by atoms with van der Waals surface area (Å²) >= 11 is 12.0. The van der Waals surface area contributed by atoms with Gasteiger partial charge in [-0.3, -0.25) is 4.79 Å². The van der Waals surface area contributed by atoms with Crippen LogP contribution in [0.1, 0.15) is 12.0 Å². The van der Waals surface area contributed by atoms with Crippen molar-refractivity contribution in [1.29, 1.82) is 0 Å². The van der Waals surface area contributed by atoms with Crippen LogP contribution in [0.25, 0.3) is 6.08 Å². The number of halogens is 2. The quantitative estimate of drug-likeness (QED) is 0.654. The van der Waals surface area contributed by atoms with Gasteiger partial charge >= 0.3 is 0 Å². The van der Waals surface area contributed by atoms with Gasteiger partial charge in [0.15, 0.2) is 0 Å². The minimum atomic E-state index is -0.170. The fraction of sp³-hybridized carbons (Fsp3) is 0.200. The Kier molecular flexibility index (Phi) is 5.84. The molecule has 0 atom stereocenters. The van der Waals surface area contributed by atoms with Crippen molar-refractivity contribution >= 4 is 35.2 Å². The third-order valence-electron chi connectivity index (χ3n) is 2.85. The lowest BCUT2D eigenvalue weighted by Gasteiger charge is -2.04. The maximum absolute atomic E-state index is 11.7. The molecule has 0 saturated heterocycles. The summed E-state index contributed by atoms with van der Waals surface area (Å²) in [5.74, 6) is -0.170. The molecule has 21 heavy (non-hydrogen) atoms. The van der Waals surface area contributed by atoms with E-state index in [0.717, 1.165) is 13.0 Å². The van der Waals surface area contributed by atoms with E-state index in [9.17, 15) is 4.79 Å². The van der Waals surface area contributed by atoms with Gasteiger partial charge in [-0.25, -0.2) is 4.98 Å². The number of carbonyl (C=O) groups is 1. The molecule has 1 heterocycles. The Hall–Kier alpha value is -1.78. The number of aryl methyl sites for hydroxylation is 1. The van der Waals surface area contributed by atoms with Gasteiger partial charge in [-0.05, 0) is 24.6 Å². The zero-order chi connectivity index (χ0) is 15.1. The van der Waals surface area contributed by atoms with Gasteiger partial charge in [0.2, 0.25) is 5.91 Å². The fourth-order valence-electron chi connectivity index (χ4n) is 1.78. The first-order chi connectivity index (χ1) is 10.2.